The van der Waals surface area contributed by atoms with E-state index < -0.39 is 0 Å². The molecule has 0 atom stereocenters. The van der Waals surface area contributed by atoms with Crippen molar-refractivity contribution in [2.75, 3.05) is 0 Å². The molecule has 1 aromatic carbocycles. The molecule has 1 saturated carbocycles. The molecular formula is C17H24. The summed E-state index contributed by atoms with van der Waals surface area (Å²) in [6, 6.07) is 10.7. The van der Waals surface area contributed by atoms with Crippen LogP contribution in [0.1, 0.15) is 51.0 Å². The molecule has 0 amide bonds. The number of rotatable bonds is 4. The molecule has 0 aliphatic heterocycles. The maximum absolute atomic E-state index is 2.43. The molecule has 0 bridgehead atoms. The lowest BCUT2D eigenvalue weighted by Gasteiger charge is -2.26. The Morgan fingerprint density at radius 3 is 2.41 bits per heavy atom. The quantitative estimate of drug-likeness (QED) is 0.655. The summed E-state index contributed by atoms with van der Waals surface area (Å²) in [5.41, 5.74) is 1.34. The van der Waals surface area contributed by atoms with Crippen molar-refractivity contribution in [2.45, 2.75) is 45.4 Å². The molecule has 0 spiro atoms. The maximum atomic E-state index is 2.43. The van der Waals surface area contributed by atoms with E-state index in [2.05, 4.69) is 49.4 Å². The number of hydrogen-bond acceptors (Lipinski definition) is 0. The van der Waals surface area contributed by atoms with E-state index >= 15 is 0 Å². The van der Waals surface area contributed by atoms with E-state index in [0.29, 0.717) is 0 Å². The minimum absolute atomic E-state index is 0.823. The van der Waals surface area contributed by atoms with Crippen molar-refractivity contribution in [2.24, 2.45) is 11.8 Å². The van der Waals surface area contributed by atoms with Crippen LogP contribution in [0.3, 0.4) is 0 Å². The van der Waals surface area contributed by atoms with Crippen molar-refractivity contribution < 1.29 is 0 Å². The lowest BCUT2D eigenvalue weighted by atomic mass is 9.80. The monoisotopic (exact) mass is 228 g/mol. The first-order chi connectivity index (χ1) is 8.38. The topological polar surface area (TPSA) is 0 Å². The average molecular weight is 228 g/mol. The van der Waals surface area contributed by atoms with Gasteiger partial charge < -0.3 is 0 Å². The smallest absolute Gasteiger partial charge is 0.0230 e. The van der Waals surface area contributed by atoms with Crippen molar-refractivity contribution in [3.63, 3.8) is 0 Å². The van der Waals surface area contributed by atoms with Crippen molar-refractivity contribution in [1.82, 2.24) is 0 Å². The van der Waals surface area contributed by atoms with Crippen molar-refractivity contribution >= 4 is 6.08 Å². The van der Waals surface area contributed by atoms with Crippen molar-refractivity contribution in [1.29, 1.82) is 0 Å². The zero-order valence-electron chi connectivity index (χ0n) is 10.9. The molecule has 0 N–H and O–H groups in total. The van der Waals surface area contributed by atoms with Crippen LogP contribution in [0.25, 0.3) is 6.08 Å². The van der Waals surface area contributed by atoms with E-state index in [0.717, 1.165) is 11.8 Å². The predicted molar refractivity (Wildman–Crippen MR) is 75.8 cm³/mol. The third-order valence-corrected chi connectivity index (χ3v) is 3.95. The minimum atomic E-state index is 0.823. The van der Waals surface area contributed by atoms with Gasteiger partial charge in [-0.15, -0.1) is 0 Å². The Morgan fingerprint density at radius 1 is 1.06 bits per heavy atom. The molecule has 1 aromatic rings. The van der Waals surface area contributed by atoms with E-state index in [4.69, 9.17) is 0 Å². The van der Waals surface area contributed by atoms with E-state index in [-0.39, 0.29) is 0 Å². The lowest BCUT2D eigenvalue weighted by Crippen LogP contribution is -2.12. The van der Waals surface area contributed by atoms with E-state index in [1.165, 1.54) is 44.1 Å². The minimum Gasteiger partial charge on any atom is -0.0808 e. The summed E-state index contributed by atoms with van der Waals surface area (Å²) in [4.78, 5) is 0. The van der Waals surface area contributed by atoms with Gasteiger partial charge in [-0.2, -0.15) is 0 Å². The molecule has 0 unspecified atom stereocenters. The molecule has 0 saturated heterocycles. The summed E-state index contributed by atoms with van der Waals surface area (Å²) < 4.78 is 0. The fourth-order valence-electron chi connectivity index (χ4n) is 2.89. The second-order valence-corrected chi connectivity index (χ2v) is 5.34. The lowest BCUT2D eigenvalue weighted by molar-refractivity contribution is 0.295. The molecule has 1 aliphatic rings. The Bertz CT molecular complexity index is 328. The van der Waals surface area contributed by atoms with Crippen LogP contribution in [-0.4, -0.2) is 0 Å². The van der Waals surface area contributed by atoms with Gasteiger partial charge in [-0.3, -0.25) is 0 Å². The first-order valence-corrected chi connectivity index (χ1v) is 7.11. The third kappa shape index (κ3) is 4.03. The highest BCUT2D eigenvalue weighted by Crippen LogP contribution is 2.32. The fourth-order valence-corrected chi connectivity index (χ4v) is 2.89. The summed E-state index contributed by atoms with van der Waals surface area (Å²) in [5, 5.41) is 0. The fraction of sp³-hybridized carbons (Fsp3) is 0.529. The zero-order chi connectivity index (χ0) is 11.9. The SMILES string of the molecule is CCCC1CCC(/C=C/c2ccccc2)CC1. The number of benzene rings is 1. The summed E-state index contributed by atoms with van der Waals surface area (Å²) in [7, 11) is 0. The maximum Gasteiger partial charge on any atom is -0.0230 e. The van der Waals surface area contributed by atoms with Gasteiger partial charge in [0.1, 0.15) is 0 Å². The molecule has 0 aromatic heterocycles. The highest BCUT2D eigenvalue weighted by atomic mass is 14.2. The highest BCUT2D eigenvalue weighted by Gasteiger charge is 2.18. The molecule has 0 nitrogen and oxygen atoms in total. The standard InChI is InChI=1S/C17H24/c1-2-6-15-9-12-17(13-10-15)14-11-16-7-4-3-5-8-16/h3-5,7-8,11,14-15,17H,2,6,9-10,12-13H2,1H3/b14-11+. The number of allylic oxidation sites excluding steroid dienone is 1. The molecule has 0 heterocycles. The Balaban J connectivity index is 1.80. The van der Waals surface area contributed by atoms with Crippen molar-refractivity contribution in [3.8, 4) is 0 Å². The predicted octanol–water partition coefficient (Wildman–Crippen LogP) is 5.31. The normalized spacial score (nSPS) is 25.2. The van der Waals surface area contributed by atoms with Crippen LogP contribution in [-0.2, 0) is 0 Å². The van der Waals surface area contributed by atoms with Gasteiger partial charge in [0, 0.05) is 0 Å². The van der Waals surface area contributed by atoms with E-state index in [9.17, 15) is 0 Å². The van der Waals surface area contributed by atoms with E-state index in [1.807, 2.05) is 0 Å². The van der Waals surface area contributed by atoms with Gasteiger partial charge in [-0.1, -0.05) is 62.2 Å². The van der Waals surface area contributed by atoms with Crippen molar-refractivity contribution in [3.05, 3.63) is 42.0 Å². The van der Waals surface area contributed by atoms with Crippen LogP contribution in [0.5, 0.6) is 0 Å². The van der Waals surface area contributed by atoms with Gasteiger partial charge in [0.15, 0.2) is 0 Å². The average Bonchev–Trinajstić information content (AvgIpc) is 2.40. The van der Waals surface area contributed by atoms with Gasteiger partial charge >= 0.3 is 0 Å². The van der Waals surface area contributed by atoms with Crippen LogP contribution in [0, 0.1) is 11.8 Å². The largest absolute Gasteiger partial charge is 0.0808 e. The molecule has 92 valence electrons. The van der Waals surface area contributed by atoms with Gasteiger partial charge in [-0.25, -0.2) is 0 Å². The van der Waals surface area contributed by atoms with E-state index in [1.54, 1.807) is 0 Å². The molecular weight excluding hydrogens is 204 g/mol. The van der Waals surface area contributed by atoms with Crippen LogP contribution in [0.15, 0.2) is 36.4 Å². The van der Waals surface area contributed by atoms with Crippen LogP contribution < -0.4 is 0 Å². The molecule has 1 aliphatic carbocycles. The molecule has 0 heteroatoms. The first kappa shape index (κ1) is 12.4. The van der Waals surface area contributed by atoms with Gasteiger partial charge in [-0.05, 0) is 43.1 Å². The highest BCUT2D eigenvalue weighted by molar-refractivity contribution is 5.48. The van der Waals surface area contributed by atoms with Crippen LogP contribution >= 0.6 is 0 Å². The Hall–Kier alpha value is -1.04. The Labute approximate surface area is 106 Å². The molecule has 1 fully saturated rings. The van der Waals surface area contributed by atoms with Crippen LogP contribution in [0.2, 0.25) is 0 Å². The number of hydrogen-bond donors (Lipinski definition) is 0. The summed E-state index contributed by atoms with van der Waals surface area (Å²) >= 11 is 0. The summed E-state index contributed by atoms with van der Waals surface area (Å²) in [6.07, 6.45) is 13.2. The third-order valence-electron chi connectivity index (χ3n) is 3.95. The molecule has 17 heavy (non-hydrogen) atoms. The Kier molecular flexibility index (Phi) is 4.85. The molecule has 2 rings (SSSR count). The second kappa shape index (κ2) is 6.64. The van der Waals surface area contributed by atoms with Gasteiger partial charge in [0.05, 0.1) is 0 Å². The van der Waals surface area contributed by atoms with Gasteiger partial charge in [0.25, 0.3) is 0 Å². The van der Waals surface area contributed by atoms with Crippen LogP contribution in [0.4, 0.5) is 0 Å². The zero-order valence-corrected chi connectivity index (χ0v) is 10.9. The Morgan fingerprint density at radius 2 is 1.76 bits per heavy atom. The second-order valence-electron chi connectivity index (χ2n) is 5.34. The summed E-state index contributed by atoms with van der Waals surface area (Å²) in [5.74, 6) is 1.84. The molecule has 0 radical (unpaired) electrons. The van der Waals surface area contributed by atoms with Gasteiger partial charge in [0.2, 0.25) is 0 Å². The summed E-state index contributed by atoms with van der Waals surface area (Å²) in [6.45, 7) is 2.31. The first-order valence-electron chi connectivity index (χ1n) is 7.11.